The minimum atomic E-state index is -1.54. The molecular weight excluding hydrogens is 654 g/mol. The molecule has 4 amide bonds. The van der Waals surface area contributed by atoms with Gasteiger partial charge >= 0.3 is 11.9 Å². The summed E-state index contributed by atoms with van der Waals surface area (Å²) in [6.07, 6.45) is 0.998. The first-order valence-corrected chi connectivity index (χ1v) is 16.5. The number of benzene rings is 1. The fraction of sp³-hybridized carbons (Fsp3) is 0.594. The van der Waals surface area contributed by atoms with Gasteiger partial charge in [0.05, 0.1) is 19.1 Å². The van der Waals surface area contributed by atoms with E-state index < -0.39 is 78.1 Å². The Morgan fingerprint density at radius 2 is 1.42 bits per heavy atom. The lowest BCUT2D eigenvalue weighted by molar-refractivity contribution is -0.146. The van der Waals surface area contributed by atoms with E-state index in [9.17, 15) is 39.0 Å². The van der Waals surface area contributed by atoms with Gasteiger partial charge in [-0.15, -0.1) is 0 Å². The molecule has 0 radical (unpaired) electrons. The molecule has 1 rings (SSSR count). The maximum Gasteiger partial charge on any atom is 0.326 e. The topological polar surface area (TPSA) is 317 Å². The van der Waals surface area contributed by atoms with Crippen molar-refractivity contribution in [2.75, 3.05) is 19.7 Å². The number of guanidine groups is 1. The summed E-state index contributed by atoms with van der Waals surface area (Å²) >= 11 is 0. The number of hydrogen-bond donors (Lipinski definition) is 10. The summed E-state index contributed by atoms with van der Waals surface area (Å²) in [5, 5.41) is 29.3. The van der Waals surface area contributed by atoms with Crippen molar-refractivity contribution in [1.82, 2.24) is 21.3 Å². The fourth-order valence-corrected chi connectivity index (χ4v) is 4.68. The van der Waals surface area contributed by atoms with Gasteiger partial charge in [-0.3, -0.25) is 29.0 Å². The molecule has 0 unspecified atom stereocenters. The molecule has 0 fully saturated rings. The number of esters is 1. The first kappa shape index (κ1) is 43.1. The van der Waals surface area contributed by atoms with Crippen molar-refractivity contribution >= 4 is 41.5 Å². The van der Waals surface area contributed by atoms with Gasteiger partial charge in [-0.25, -0.2) is 4.79 Å². The van der Waals surface area contributed by atoms with Crippen molar-refractivity contribution in [2.24, 2.45) is 33.8 Å². The van der Waals surface area contributed by atoms with Crippen LogP contribution in [0.15, 0.2) is 29.3 Å². The van der Waals surface area contributed by atoms with Crippen LogP contribution in [0.3, 0.4) is 0 Å². The van der Waals surface area contributed by atoms with E-state index in [-0.39, 0.29) is 44.1 Å². The zero-order valence-corrected chi connectivity index (χ0v) is 28.9. The molecule has 14 N–H and O–H groups in total. The summed E-state index contributed by atoms with van der Waals surface area (Å²) in [5.74, 6) is -5.98. The largest absolute Gasteiger partial charge is 0.508 e. The van der Waals surface area contributed by atoms with Crippen LogP contribution in [0.25, 0.3) is 0 Å². The summed E-state index contributed by atoms with van der Waals surface area (Å²) in [6, 6.07) is -0.566. The highest BCUT2D eigenvalue weighted by Crippen LogP contribution is 2.13. The van der Waals surface area contributed by atoms with Crippen LogP contribution in [0.4, 0.5) is 0 Å². The summed E-state index contributed by atoms with van der Waals surface area (Å²) in [4.78, 5) is 81.6. The number of nitrogens with two attached hydrogens (primary N) is 4. The molecule has 1 aromatic rings. The number of unbranched alkanes of at least 4 members (excludes halogenated alkanes) is 1. The van der Waals surface area contributed by atoms with Gasteiger partial charge in [0.1, 0.15) is 29.9 Å². The van der Waals surface area contributed by atoms with Crippen molar-refractivity contribution in [2.45, 2.75) is 95.9 Å². The summed E-state index contributed by atoms with van der Waals surface area (Å²) in [7, 11) is 0. The molecule has 0 saturated heterocycles. The van der Waals surface area contributed by atoms with Crippen LogP contribution in [-0.2, 0) is 39.9 Å². The van der Waals surface area contributed by atoms with E-state index in [1.807, 2.05) is 0 Å². The molecule has 0 saturated carbocycles. The van der Waals surface area contributed by atoms with Gasteiger partial charge in [0.2, 0.25) is 23.6 Å². The van der Waals surface area contributed by atoms with Crippen LogP contribution >= 0.6 is 0 Å². The highest BCUT2D eigenvalue weighted by Gasteiger charge is 2.34. The molecule has 18 nitrogen and oxygen atoms in total. The monoisotopic (exact) mass is 707 g/mol. The number of aliphatic imine (C=N–C) groups is 1. The number of hydrogen-bond acceptors (Lipinski definition) is 11. The van der Waals surface area contributed by atoms with Crippen molar-refractivity contribution in [3.05, 3.63) is 29.8 Å². The number of amides is 4. The summed E-state index contributed by atoms with van der Waals surface area (Å²) in [6.45, 7) is 5.36. The van der Waals surface area contributed by atoms with Gasteiger partial charge in [0.25, 0.3) is 0 Å². The van der Waals surface area contributed by atoms with Crippen LogP contribution in [0.2, 0.25) is 0 Å². The lowest BCUT2D eigenvalue weighted by Crippen LogP contribution is -2.60. The van der Waals surface area contributed by atoms with Crippen LogP contribution in [0, 0.1) is 5.92 Å². The molecule has 50 heavy (non-hydrogen) atoms. The zero-order chi connectivity index (χ0) is 37.8. The lowest BCUT2D eigenvalue weighted by Gasteiger charge is -2.27. The first-order valence-electron chi connectivity index (χ1n) is 16.5. The molecule has 0 aromatic heterocycles. The molecule has 0 aliphatic carbocycles. The number of phenols is 1. The number of nitrogens with one attached hydrogen (secondary N) is 4. The number of carboxylic acids is 1. The van der Waals surface area contributed by atoms with Crippen LogP contribution in [0.1, 0.15) is 64.9 Å². The average molecular weight is 708 g/mol. The second-order valence-corrected chi connectivity index (χ2v) is 12.0. The van der Waals surface area contributed by atoms with E-state index >= 15 is 0 Å². The van der Waals surface area contributed by atoms with Crippen molar-refractivity contribution in [3.63, 3.8) is 0 Å². The van der Waals surface area contributed by atoms with Crippen molar-refractivity contribution in [3.8, 4) is 5.75 Å². The number of ether oxygens (including phenoxy) is 1. The third-order valence-corrected chi connectivity index (χ3v) is 7.43. The zero-order valence-electron chi connectivity index (χ0n) is 28.9. The van der Waals surface area contributed by atoms with Crippen LogP contribution in [-0.4, -0.2) is 102 Å². The number of carbonyl (C=O) groups excluding carboxylic acids is 5. The SMILES string of the molecule is CCOC(=O)C[C@H](NC(=O)[C@H](CCCCN)NC(=O)[C@@H](N)CCCN=C(N)N)C(=O)N[C@H](C(=O)N[C@@H](Cc1ccc(O)cc1)C(=O)O)C(C)C. The van der Waals surface area contributed by atoms with Crippen molar-refractivity contribution < 1.29 is 43.7 Å². The van der Waals surface area contributed by atoms with Gasteiger partial charge in [0, 0.05) is 13.0 Å². The first-order chi connectivity index (χ1) is 23.6. The van der Waals surface area contributed by atoms with Gasteiger partial charge in [-0.05, 0) is 69.2 Å². The molecule has 280 valence electrons. The molecular formula is C32H53N9O9. The predicted octanol–water partition coefficient (Wildman–Crippen LogP) is -1.92. The Morgan fingerprint density at radius 1 is 0.820 bits per heavy atom. The Morgan fingerprint density at radius 3 is 1.98 bits per heavy atom. The molecule has 18 heteroatoms. The Hall–Kier alpha value is -4.97. The van der Waals surface area contributed by atoms with Gasteiger partial charge < -0.3 is 59.2 Å². The van der Waals surface area contributed by atoms with E-state index in [4.69, 9.17) is 27.7 Å². The van der Waals surface area contributed by atoms with Crippen LogP contribution in [0.5, 0.6) is 5.75 Å². The maximum atomic E-state index is 13.6. The quantitative estimate of drug-likeness (QED) is 0.0257. The molecule has 0 bridgehead atoms. The molecule has 0 aliphatic rings. The van der Waals surface area contributed by atoms with Crippen molar-refractivity contribution in [1.29, 1.82) is 0 Å². The third-order valence-electron chi connectivity index (χ3n) is 7.43. The Labute approximate surface area is 291 Å². The normalized spacial score (nSPS) is 13.9. The number of carbonyl (C=O) groups is 6. The second kappa shape index (κ2) is 22.6. The number of phenolic OH excluding ortho intramolecular Hbond substituents is 1. The summed E-state index contributed by atoms with van der Waals surface area (Å²) in [5.41, 5.74) is 22.8. The van der Waals surface area contributed by atoms with Gasteiger partial charge in [-0.1, -0.05) is 26.0 Å². The van der Waals surface area contributed by atoms with Crippen LogP contribution < -0.4 is 44.2 Å². The number of nitrogens with zero attached hydrogens (tertiary/aromatic N) is 1. The number of rotatable bonds is 23. The predicted molar refractivity (Wildman–Crippen MR) is 184 cm³/mol. The maximum absolute atomic E-state index is 13.6. The lowest BCUT2D eigenvalue weighted by atomic mass is 10.0. The van der Waals surface area contributed by atoms with E-state index in [2.05, 4.69) is 26.3 Å². The molecule has 0 aliphatic heterocycles. The molecule has 5 atom stereocenters. The highest BCUT2D eigenvalue weighted by molar-refractivity contribution is 5.97. The van der Waals surface area contributed by atoms with E-state index in [0.717, 1.165) is 0 Å². The van der Waals surface area contributed by atoms with E-state index in [0.29, 0.717) is 31.4 Å². The number of aliphatic carboxylic acids is 1. The number of aromatic hydroxyl groups is 1. The highest BCUT2D eigenvalue weighted by atomic mass is 16.5. The summed E-state index contributed by atoms with van der Waals surface area (Å²) < 4.78 is 4.99. The van der Waals surface area contributed by atoms with E-state index in [1.165, 1.54) is 24.3 Å². The Bertz CT molecular complexity index is 1300. The third kappa shape index (κ3) is 16.4. The minimum Gasteiger partial charge on any atom is -0.508 e. The fourth-order valence-electron chi connectivity index (χ4n) is 4.68. The van der Waals surface area contributed by atoms with E-state index in [1.54, 1.807) is 20.8 Å². The Balaban J connectivity index is 3.16. The second-order valence-electron chi connectivity index (χ2n) is 12.0. The standard InChI is InChI=1S/C32H53N9O9/c1-4-50-25(43)17-23(39-28(45)22(9-5-6-14-33)38-27(44)21(34)8-7-15-37-32(35)36)29(46)41-26(18(2)3)30(47)40-24(31(48)49)16-19-10-12-20(42)13-11-19/h10-13,18,21-24,26,42H,4-9,14-17,33-34H2,1-3H3,(H,38,44)(H,39,45)(H,40,47)(H,41,46)(H,48,49)(H4,35,36,37)/t21-,22-,23-,24-,26-/m0/s1. The molecule has 1 aromatic carbocycles. The Kier molecular flexibility index (Phi) is 19.5. The van der Waals surface area contributed by atoms with Gasteiger partial charge in [0.15, 0.2) is 5.96 Å². The molecule has 0 spiro atoms. The smallest absolute Gasteiger partial charge is 0.326 e. The van der Waals surface area contributed by atoms with Gasteiger partial charge in [-0.2, -0.15) is 0 Å². The minimum absolute atomic E-state index is 0.00536. The molecule has 0 heterocycles. The average Bonchev–Trinajstić information content (AvgIpc) is 3.04. The number of carboxylic acid groups (broad SMARTS) is 1.